The summed E-state index contributed by atoms with van der Waals surface area (Å²) in [6.45, 7) is 4.48. The molecular formula is C14H22N2O3. The summed E-state index contributed by atoms with van der Waals surface area (Å²) >= 11 is 0. The highest BCUT2D eigenvalue weighted by Crippen LogP contribution is 2.27. The van der Waals surface area contributed by atoms with Crippen LogP contribution in [0.15, 0.2) is 18.2 Å². The van der Waals surface area contributed by atoms with E-state index >= 15 is 0 Å². The second-order valence-corrected chi connectivity index (χ2v) is 4.62. The van der Waals surface area contributed by atoms with Gasteiger partial charge in [0.05, 0.1) is 5.56 Å². The molecule has 5 N–H and O–H groups in total. The van der Waals surface area contributed by atoms with E-state index in [-0.39, 0.29) is 17.4 Å². The molecule has 0 spiro atoms. The highest BCUT2D eigenvalue weighted by atomic mass is 16.3. The average molecular weight is 266 g/mol. The summed E-state index contributed by atoms with van der Waals surface area (Å²) < 4.78 is 0. The van der Waals surface area contributed by atoms with Crippen molar-refractivity contribution in [3.8, 4) is 11.5 Å². The topological polar surface area (TPSA) is 95.6 Å². The van der Waals surface area contributed by atoms with Crippen molar-refractivity contribution >= 4 is 5.91 Å². The molecule has 0 aliphatic heterocycles. The summed E-state index contributed by atoms with van der Waals surface area (Å²) in [6, 6.07) is 4.17. The quantitative estimate of drug-likeness (QED) is 0.588. The fourth-order valence-corrected chi connectivity index (χ4v) is 2.08. The van der Waals surface area contributed by atoms with E-state index in [4.69, 9.17) is 5.73 Å². The molecule has 1 atom stereocenters. The lowest BCUT2D eigenvalue weighted by Crippen LogP contribution is -2.41. The summed E-state index contributed by atoms with van der Waals surface area (Å²) in [6.07, 6.45) is 1.93. The third-order valence-corrected chi connectivity index (χ3v) is 3.41. The van der Waals surface area contributed by atoms with Gasteiger partial charge in [-0.2, -0.15) is 0 Å². The van der Waals surface area contributed by atoms with Gasteiger partial charge in [0.1, 0.15) is 0 Å². The van der Waals surface area contributed by atoms with Crippen LogP contribution in [0, 0.1) is 5.92 Å². The van der Waals surface area contributed by atoms with Crippen LogP contribution in [-0.2, 0) is 0 Å². The molecule has 0 bridgehead atoms. The molecule has 1 aromatic rings. The molecule has 1 unspecified atom stereocenters. The molecule has 5 nitrogen and oxygen atoms in total. The van der Waals surface area contributed by atoms with Gasteiger partial charge in [-0.05, 0) is 18.1 Å². The van der Waals surface area contributed by atoms with Crippen molar-refractivity contribution in [3.63, 3.8) is 0 Å². The van der Waals surface area contributed by atoms with Gasteiger partial charge in [-0.25, -0.2) is 0 Å². The number of hydrogen-bond acceptors (Lipinski definition) is 4. The molecule has 0 radical (unpaired) electrons. The van der Waals surface area contributed by atoms with Crippen molar-refractivity contribution in [1.82, 2.24) is 5.32 Å². The average Bonchev–Trinajstić information content (AvgIpc) is 2.40. The van der Waals surface area contributed by atoms with Gasteiger partial charge in [-0.3, -0.25) is 4.79 Å². The van der Waals surface area contributed by atoms with E-state index in [9.17, 15) is 15.0 Å². The summed E-state index contributed by atoms with van der Waals surface area (Å²) in [5.74, 6) is -0.791. The van der Waals surface area contributed by atoms with Gasteiger partial charge in [0.15, 0.2) is 11.5 Å². The van der Waals surface area contributed by atoms with E-state index in [1.807, 2.05) is 0 Å². The van der Waals surface area contributed by atoms with Gasteiger partial charge in [0.2, 0.25) is 0 Å². The first kappa shape index (κ1) is 15.3. The Kier molecular flexibility index (Phi) is 5.63. The summed E-state index contributed by atoms with van der Waals surface area (Å²) in [4.78, 5) is 11.9. The van der Waals surface area contributed by atoms with E-state index in [1.54, 1.807) is 0 Å². The lowest BCUT2D eigenvalue weighted by Gasteiger charge is -2.21. The van der Waals surface area contributed by atoms with Gasteiger partial charge in [-0.1, -0.05) is 32.8 Å². The maximum atomic E-state index is 11.9. The van der Waals surface area contributed by atoms with E-state index in [2.05, 4.69) is 19.2 Å². The molecule has 0 aliphatic carbocycles. The Hall–Kier alpha value is -1.75. The third kappa shape index (κ3) is 3.86. The largest absolute Gasteiger partial charge is 0.504 e. The van der Waals surface area contributed by atoms with Crippen LogP contribution in [0.3, 0.4) is 0 Å². The van der Waals surface area contributed by atoms with Crippen LogP contribution >= 0.6 is 0 Å². The Labute approximate surface area is 113 Å². The zero-order valence-corrected chi connectivity index (χ0v) is 11.4. The zero-order valence-electron chi connectivity index (χ0n) is 11.4. The Morgan fingerprint density at radius 3 is 2.53 bits per heavy atom. The Balaban J connectivity index is 2.63. The second kappa shape index (κ2) is 6.99. The first-order valence-corrected chi connectivity index (χ1v) is 6.55. The van der Waals surface area contributed by atoms with Gasteiger partial charge in [-0.15, -0.1) is 0 Å². The number of carbonyl (C=O) groups excluding carboxylic acids is 1. The van der Waals surface area contributed by atoms with Crippen LogP contribution in [0.25, 0.3) is 0 Å². The van der Waals surface area contributed by atoms with Gasteiger partial charge in [0.25, 0.3) is 5.91 Å². The van der Waals surface area contributed by atoms with Crippen molar-refractivity contribution in [1.29, 1.82) is 0 Å². The fourth-order valence-electron chi connectivity index (χ4n) is 2.08. The summed E-state index contributed by atoms with van der Waals surface area (Å²) in [5.41, 5.74) is 6.06. The standard InChI is InChI=1S/C14H22N2O3/c1-3-9(4-2)11(15)8-16-14(19)10-6-5-7-12(17)13(10)18/h5-7,9,11,17-18H,3-4,8,15H2,1-2H3,(H,16,19). The molecule has 0 fully saturated rings. The predicted octanol–water partition coefficient (Wildman–Crippen LogP) is 1.59. The van der Waals surface area contributed by atoms with Crippen molar-refractivity contribution in [2.24, 2.45) is 11.7 Å². The first-order valence-electron chi connectivity index (χ1n) is 6.55. The monoisotopic (exact) mass is 266 g/mol. The molecular weight excluding hydrogens is 244 g/mol. The number of carbonyl (C=O) groups is 1. The van der Waals surface area contributed by atoms with E-state index < -0.39 is 11.7 Å². The van der Waals surface area contributed by atoms with Gasteiger partial charge < -0.3 is 21.3 Å². The van der Waals surface area contributed by atoms with Gasteiger partial charge in [0, 0.05) is 12.6 Å². The van der Waals surface area contributed by atoms with E-state index in [1.165, 1.54) is 18.2 Å². The highest BCUT2D eigenvalue weighted by molar-refractivity contribution is 5.97. The number of rotatable bonds is 6. The van der Waals surface area contributed by atoms with Crippen LogP contribution in [-0.4, -0.2) is 28.7 Å². The van der Waals surface area contributed by atoms with Gasteiger partial charge >= 0.3 is 0 Å². The lowest BCUT2D eigenvalue weighted by atomic mass is 9.95. The van der Waals surface area contributed by atoms with Crippen molar-refractivity contribution in [2.45, 2.75) is 32.7 Å². The fraction of sp³-hybridized carbons (Fsp3) is 0.500. The molecule has 5 heteroatoms. The number of amides is 1. The van der Waals surface area contributed by atoms with Crippen LogP contribution in [0.2, 0.25) is 0 Å². The van der Waals surface area contributed by atoms with Crippen LogP contribution in [0.1, 0.15) is 37.0 Å². The van der Waals surface area contributed by atoms with Crippen molar-refractivity contribution in [3.05, 3.63) is 23.8 Å². The van der Waals surface area contributed by atoms with Crippen molar-refractivity contribution in [2.75, 3.05) is 6.54 Å². The van der Waals surface area contributed by atoms with E-state index in [0.717, 1.165) is 12.8 Å². The minimum atomic E-state index is -0.435. The smallest absolute Gasteiger partial charge is 0.255 e. The first-order chi connectivity index (χ1) is 9.01. The highest BCUT2D eigenvalue weighted by Gasteiger charge is 2.17. The minimum Gasteiger partial charge on any atom is -0.504 e. The maximum absolute atomic E-state index is 11.9. The molecule has 19 heavy (non-hydrogen) atoms. The normalized spacial score (nSPS) is 12.4. The number of benzene rings is 1. The number of nitrogens with one attached hydrogen (secondary N) is 1. The lowest BCUT2D eigenvalue weighted by molar-refractivity contribution is 0.0944. The Morgan fingerprint density at radius 1 is 1.32 bits per heavy atom. The second-order valence-electron chi connectivity index (χ2n) is 4.62. The molecule has 0 aliphatic rings. The summed E-state index contributed by atoms with van der Waals surface area (Å²) in [7, 11) is 0. The molecule has 1 rings (SSSR count). The van der Waals surface area contributed by atoms with Crippen LogP contribution < -0.4 is 11.1 Å². The molecule has 106 valence electrons. The molecule has 0 aromatic heterocycles. The van der Waals surface area contributed by atoms with E-state index in [0.29, 0.717) is 12.5 Å². The Morgan fingerprint density at radius 2 is 1.95 bits per heavy atom. The number of hydrogen-bond donors (Lipinski definition) is 4. The zero-order chi connectivity index (χ0) is 14.4. The number of aromatic hydroxyl groups is 2. The molecule has 1 amide bonds. The maximum Gasteiger partial charge on any atom is 0.255 e. The van der Waals surface area contributed by atoms with Crippen molar-refractivity contribution < 1.29 is 15.0 Å². The molecule has 0 saturated heterocycles. The molecule has 0 heterocycles. The number of phenols is 2. The number of phenolic OH excluding ortho intramolecular Hbond substituents is 2. The Bertz CT molecular complexity index is 431. The number of para-hydroxylation sites is 1. The minimum absolute atomic E-state index is 0.0525. The SMILES string of the molecule is CCC(CC)C(N)CNC(=O)c1cccc(O)c1O. The third-order valence-electron chi connectivity index (χ3n) is 3.41. The number of nitrogens with two attached hydrogens (primary N) is 1. The van der Waals surface area contributed by atoms with Crippen LogP contribution in [0.4, 0.5) is 0 Å². The predicted molar refractivity (Wildman–Crippen MR) is 74.2 cm³/mol. The molecule has 1 aromatic carbocycles. The summed E-state index contributed by atoms with van der Waals surface area (Å²) in [5, 5.41) is 21.6. The molecule has 0 saturated carbocycles. The van der Waals surface area contributed by atoms with Crippen LogP contribution in [0.5, 0.6) is 11.5 Å².